The second-order valence-corrected chi connectivity index (χ2v) is 6.51. The van der Waals surface area contributed by atoms with Crippen LogP contribution in [0.3, 0.4) is 0 Å². The Kier molecular flexibility index (Phi) is 4.81. The number of rotatable bonds is 5. The molecule has 2 aromatic carbocycles. The van der Waals surface area contributed by atoms with Gasteiger partial charge in [-0.15, -0.1) is 0 Å². The summed E-state index contributed by atoms with van der Waals surface area (Å²) < 4.78 is 7.67. The van der Waals surface area contributed by atoms with E-state index in [1.54, 1.807) is 4.57 Å². The van der Waals surface area contributed by atoms with Crippen LogP contribution in [0.15, 0.2) is 59.4 Å². The van der Waals surface area contributed by atoms with Crippen LogP contribution >= 0.6 is 0 Å². The molecular formula is C21H23NO2. The second-order valence-electron chi connectivity index (χ2n) is 6.51. The monoisotopic (exact) mass is 321 g/mol. The van der Waals surface area contributed by atoms with E-state index in [4.69, 9.17) is 4.74 Å². The van der Waals surface area contributed by atoms with Crippen molar-refractivity contribution < 1.29 is 4.74 Å². The summed E-state index contributed by atoms with van der Waals surface area (Å²) in [5.41, 5.74) is 3.06. The lowest BCUT2D eigenvalue weighted by Gasteiger charge is -2.18. The van der Waals surface area contributed by atoms with Crippen LogP contribution in [0.5, 0.6) is 0 Å². The highest BCUT2D eigenvalue weighted by atomic mass is 16.5. The number of hydrogen-bond donors (Lipinski definition) is 0. The highest BCUT2D eigenvalue weighted by Gasteiger charge is 2.16. The first kappa shape index (κ1) is 16.5. The van der Waals surface area contributed by atoms with Gasteiger partial charge in [0.15, 0.2) is 0 Å². The Morgan fingerprint density at radius 2 is 1.58 bits per heavy atom. The number of nitrogens with zero attached hydrogens (tertiary/aromatic N) is 1. The average molecular weight is 321 g/mol. The Hall–Kier alpha value is -2.39. The molecule has 3 rings (SSSR count). The quantitative estimate of drug-likeness (QED) is 0.698. The van der Waals surface area contributed by atoms with Gasteiger partial charge in [0.2, 0.25) is 0 Å². The maximum absolute atomic E-state index is 12.8. The molecule has 0 radical (unpaired) electrons. The number of hydrogen-bond acceptors (Lipinski definition) is 2. The van der Waals surface area contributed by atoms with E-state index in [2.05, 4.69) is 13.8 Å². The molecule has 1 aromatic heterocycles. The molecule has 0 atom stereocenters. The summed E-state index contributed by atoms with van der Waals surface area (Å²) >= 11 is 0. The number of benzene rings is 2. The average Bonchev–Trinajstić information content (AvgIpc) is 2.60. The molecular weight excluding hydrogens is 298 g/mol. The van der Waals surface area contributed by atoms with Crippen molar-refractivity contribution in [2.24, 2.45) is 13.0 Å². The van der Waals surface area contributed by atoms with Gasteiger partial charge in [0.1, 0.15) is 0 Å². The van der Waals surface area contributed by atoms with E-state index < -0.39 is 0 Å². The fourth-order valence-electron chi connectivity index (χ4n) is 3.05. The van der Waals surface area contributed by atoms with Gasteiger partial charge in [-0.05, 0) is 22.9 Å². The van der Waals surface area contributed by atoms with Crippen molar-refractivity contribution >= 4 is 10.8 Å². The Balaban J connectivity index is 2.24. The lowest BCUT2D eigenvalue weighted by atomic mass is 9.99. The van der Waals surface area contributed by atoms with Crippen LogP contribution in [-0.4, -0.2) is 11.2 Å². The van der Waals surface area contributed by atoms with Crippen LogP contribution < -0.4 is 5.56 Å². The standard InChI is InChI=1S/C21H23NO2/c1-15(2)13-24-14-19-17-11-7-8-12-18(17)21(23)22(3)20(19)16-9-5-4-6-10-16/h4-12,15H,13-14H2,1-3H3. The van der Waals surface area contributed by atoms with E-state index in [1.807, 2.05) is 61.6 Å². The SMILES string of the molecule is CC(C)COCc1c(-c2ccccc2)n(C)c(=O)c2ccccc12. The molecule has 0 spiro atoms. The van der Waals surface area contributed by atoms with E-state index in [1.165, 1.54) is 0 Å². The van der Waals surface area contributed by atoms with Crippen molar-refractivity contribution in [3.05, 3.63) is 70.5 Å². The summed E-state index contributed by atoms with van der Waals surface area (Å²) in [4.78, 5) is 12.8. The van der Waals surface area contributed by atoms with E-state index in [9.17, 15) is 4.79 Å². The first-order chi connectivity index (χ1) is 11.6. The van der Waals surface area contributed by atoms with Gasteiger partial charge in [-0.2, -0.15) is 0 Å². The minimum Gasteiger partial charge on any atom is -0.376 e. The van der Waals surface area contributed by atoms with Crippen LogP contribution in [0.25, 0.3) is 22.0 Å². The van der Waals surface area contributed by atoms with Crippen molar-refractivity contribution in [1.29, 1.82) is 0 Å². The molecule has 0 saturated carbocycles. The minimum absolute atomic E-state index is 0.0251. The molecule has 0 aliphatic carbocycles. The van der Waals surface area contributed by atoms with Crippen molar-refractivity contribution in [3.8, 4) is 11.3 Å². The smallest absolute Gasteiger partial charge is 0.258 e. The Bertz CT molecular complexity index is 895. The van der Waals surface area contributed by atoms with Gasteiger partial charge in [-0.1, -0.05) is 62.4 Å². The molecule has 0 saturated heterocycles. The summed E-state index contributed by atoms with van der Waals surface area (Å²) in [5, 5.41) is 1.71. The normalized spacial score (nSPS) is 11.3. The molecule has 24 heavy (non-hydrogen) atoms. The van der Waals surface area contributed by atoms with Crippen LogP contribution in [0.4, 0.5) is 0 Å². The van der Waals surface area contributed by atoms with Gasteiger partial charge < -0.3 is 9.30 Å². The predicted molar refractivity (Wildman–Crippen MR) is 99.1 cm³/mol. The second kappa shape index (κ2) is 7.02. The minimum atomic E-state index is 0.0251. The summed E-state index contributed by atoms with van der Waals surface area (Å²) in [6.07, 6.45) is 0. The zero-order chi connectivity index (χ0) is 17.1. The largest absolute Gasteiger partial charge is 0.376 e. The fraction of sp³-hybridized carbons (Fsp3) is 0.286. The maximum Gasteiger partial charge on any atom is 0.258 e. The van der Waals surface area contributed by atoms with Crippen LogP contribution in [0.2, 0.25) is 0 Å². The van der Waals surface area contributed by atoms with Crippen LogP contribution in [-0.2, 0) is 18.4 Å². The van der Waals surface area contributed by atoms with E-state index in [0.29, 0.717) is 19.1 Å². The van der Waals surface area contributed by atoms with Gasteiger partial charge in [0, 0.05) is 24.6 Å². The third kappa shape index (κ3) is 3.13. The molecule has 1 heterocycles. The van der Waals surface area contributed by atoms with E-state index in [0.717, 1.165) is 27.6 Å². The molecule has 124 valence electrons. The molecule has 0 unspecified atom stereocenters. The molecule has 3 nitrogen and oxygen atoms in total. The van der Waals surface area contributed by atoms with Crippen molar-refractivity contribution in [2.45, 2.75) is 20.5 Å². The first-order valence-corrected chi connectivity index (χ1v) is 8.33. The van der Waals surface area contributed by atoms with Gasteiger partial charge >= 0.3 is 0 Å². The first-order valence-electron chi connectivity index (χ1n) is 8.33. The lowest BCUT2D eigenvalue weighted by molar-refractivity contribution is 0.0978. The molecule has 0 fully saturated rings. The van der Waals surface area contributed by atoms with Gasteiger partial charge in [0.25, 0.3) is 5.56 Å². The summed E-state index contributed by atoms with van der Waals surface area (Å²) in [6, 6.07) is 17.8. The Labute approximate surface area is 142 Å². The molecule has 3 heteroatoms. The van der Waals surface area contributed by atoms with Crippen molar-refractivity contribution in [2.75, 3.05) is 6.61 Å². The van der Waals surface area contributed by atoms with E-state index >= 15 is 0 Å². The third-order valence-corrected chi connectivity index (χ3v) is 4.15. The van der Waals surface area contributed by atoms with Crippen LogP contribution in [0, 0.1) is 5.92 Å². The topological polar surface area (TPSA) is 31.2 Å². The molecule has 0 aliphatic heterocycles. The number of pyridine rings is 1. The molecule has 0 N–H and O–H groups in total. The van der Waals surface area contributed by atoms with Crippen LogP contribution in [0.1, 0.15) is 19.4 Å². The number of fused-ring (bicyclic) bond motifs is 1. The number of aromatic nitrogens is 1. The Morgan fingerprint density at radius 1 is 0.958 bits per heavy atom. The molecule has 0 bridgehead atoms. The summed E-state index contributed by atoms with van der Waals surface area (Å²) in [5.74, 6) is 0.476. The molecule has 0 aliphatic rings. The van der Waals surface area contributed by atoms with Crippen molar-refractivity contribution in [3.63, 3.8) is 0 Å². The molecule has 0 amide bonds. The fourth-order valence-corrected chi connectivity index (χ4v) is 3.05. The number of ether oxygens (including phenoxy) is 1. The van der Waals surface area contributed by atoms with Gasteiger partial charge in [-0.25, -0.2) is 0 Å². The summed E-state index contributed by atoms with van der Waals surface area (Å²) in [6.45, 7) is 5.47. The summed E-state index contributed by atoms with van der Waals surface area (Å²) in [7, 11) is 1.84. The Morgan fingerprint density at radius 3 is 2.25 bits per heavy atom. The van der Waals surface area contributed by atoms with Gasteiger partial charge in [0.05, 0.1) is 12.3 Å². The zero-order valence-corrected chi connectivity index (χ0v) is 14.5. The highest BCUT2D eigenvalue weighted by molar-refractivity contribution is 5.89. The predicted octanol–water partition coefficient (Wildman–Crippen LogP) is 4.38. The molecule has 3 aromatic rings. The van der Waals surface area contributed by atoms with Crippen molar-refractivity contribution in [1.82, 2.24) is 4.57 Å². The van der Waals surface area contributed by atoms with E-state index in [-0.39, 0.29) is 5.56 Å². The lowest BCUT2D eigenvalue weighted by Crippen LogP contribution is -2.21. The third-order valence-electron chi connectivity index (χ3n) is 4.15. The van der Waals surface area contributed by atoms with Gasteiger partial charge in [-0.3, -0.25) is 4.79 Å². The zero-order valence-electron chi connectivity index (χ0n) is 14.5. The highest BCUT2D eigenvalue weighted by Crippen LogP contribution is 2.28. The maximum atomic E-state index is 12.8.